The van der Waals surface area contributed by atoms with Crippen molar-refractivity contribution in [3.63, 3.8) is 0 Å². The van der Waals surface area contributed by atoms with E-state index in [1.165, 1.54) is 16.9 Å². The fourth-order valence-electron chi connectivity index (χ4n) is 1.89. The SMILES string of the molecule is CC(C)(CNC(=O)c1csc(CN)n1)c1ccccc1.Cl. The van der Waals surface area contributed by atoms with Crippen LogP contribution in [0.5, 0.6) is 0 Å². The molecular formula is C15H20ClN3OS. The maximum atomic E-state index is 12.0. The zero-order chi connectivity index (χ0) is 14.6. The van der Waals surface area contributed by atoms with Crippen LogP contribution in [-0.4, -0.2) is 17.4 Å². The number of nitrogens with zero attached hydrogens (tertiary/aromatic N) is 1. The number of thiazole rings is 1. The average Bonchev–Trinajstić information content (AvgIpc) is 2.95. The van der Waals surface area contributed by atoms with Crippen LogP contribution in [-0.2, 0) is 12.0 Å². The van der Waals surface area contributed by atoms with Gasteiger partial charge in [0.05, 0.1) is 0 Å². The van der Waals surface area contributed by atoms with Gasteiger partial charge in [0.15, 0.2) is 0 Å². The number of rotatable bonds is 5. The molecular weight excluding hydrogens is 306 g/mol. The summed E-state index contributed by atoms with van der Waals surface area (Å²) in [6.07, 6.45) is 0. The molecule has 0 aliphatic rings. The molecule has 0 unspecified atom stereocenters. The van der Waals surface area contributed by atoms with Crippen molar-refractivity contribution in [2.45, 2.75) is 25.8 Å². The van der Waals surface area contributed by atoms with Gasteiger partial charge >= 0.3 is 0 Å². The van der Waals surface area contributed by atoms with Gasteiger partial charge in [-0.2, -0.15) is 0 Å². The van der Waals surface area contributed by atoms with Crippen LogP contribution in [0.4, 0.5) is 0 Å². The number of hydrogen-bond donors (Lipinski definition) is 2. The van der Waals surface area contributed by atoms with E-state index in [1.807, 2.05) is 18.2 Å². The van der Waals surface area contributed by atoms with Gasteiger partial charge in [-0.3, -0.25) is 4.79 Å². The van der Waals surface area contributed by atoms with Gasteiger partial charge in [-0.05, 0) is 5.56 Å². The topological polar surface area (TPSA) is 68.0 Å². The number of nitrogens with one attached hydrogen (secondary N) is 1. The number of aromatic nitrogens is 1. The molecule has 4 nitrogen and oxygen atoms in total. The summed E-state index contributed by atoms with van der Waals surface area (Å²) in [5, 5.41) is 5.46. The lowest BCUT2D eigenvalue weighted by Crippen LogP contribution is -2.36. The first-order valence-corrected chi connectivity index (χ1v) is 7.39. The molecule has 0 fully saturated rings. The number of halogens is 1. The number of amides is 1. The van der Waals surface area contributed by atoms with E-state index in [0.29, 0.717) is 18.8 Å². The van der Waals surface area contributed by atoms with Crippen molar-refractivity contribution in [1.82, 2.24) is 10.3 Å². The zero-order valence-corrected chi connectivity index (χ0v) is 13.8. The average molecular weight is 326 g/mol. The van der Waals surface area contributed by atoms with Gasteiger partial charge < -0.3 is 11.1 Å². The third-order valence-corrected chi connectivity index (χ3v) is 4.08. The Labute approximate surface area is 135 Å². The minimum absolute atomic E-state index is 0. The highest BCUT2D eigenvalue weighted by Crippen LogP contribution is 2.21. The molecule has 0 bridgehead atoms. The van der Waals surface area contributed by atoms with Crippen molar-refractivity contribution in [3.8, 4) is 0 Å². The largest absolute Gasteiger partial charge is 0.350 e. The van der Waals surface area contributed by atoms with E-state index in [2.05, 4.69) is 36.3 Å². The van der Waals surface area contributed by atoms with Crippen molar-refractivity contribution >= 4 is 29.7 Å². The summed E-state index contributed by atoms with van der Waals surface area (Å²) in [4.78, 5) is 16.2. The Morgan fingerprint density at radius 2 is 2.00 bits per heavy atom. The van der Waals surface area contributed by atoms with Crippen molar-refractivity contribution in [1.29, 1.82) is 0 Å². The molecule has 114 valence electrons. The van der Waals surface area contributed by atoms with Crippen LogP contribution in [0.1, 0.15) is 34.9 Å². The predicted octanol–water partition coefficient (Wildman–Crippen LogP) is 2.73. The number of benzene rings is 1. The smallest absolute Gasteiger partial charge is 0.270 e. The van der Waals surface area contributed by atoms with Crippen molar-refractivity contribution in [2.75, 3.05) is 6.54 Å². The maximum absolute atomic E-state index is 12.0. The second-order valence-corrected chi connectivity index (χ2v) is 6.21. The molecule has 1 amide bonds. The van der Waals surface area contributed by atoms with Crippen LogP contribution >= 0.6 is 23.7 Å². The van der Waals surface area contributed by atoms with E-state index >= 15 is 0 Å². The fraction of sp³-hybridized carbons (Fsp3) is 0.333. The highest BCUT2D eigenvalue weighted by molar-refractivity contribution is 7.09. The van der Waals surface area contributed by atoms with Gasteiger partial charge in [0.1, 0.15) is 10.7 Å². The number of carbonyl (C=O) groups excluding carboxylic acids is 1. The second kappa shape index (κ2) is 7.54. The van der Waals surface area contributed by atoms with E-state index in [1.54, 1.807) is 5.38 Å². The highest BCUT2D eigenvalue weighted by Gasteiger charge is 2.22. The predicted molar refractivity (Wildman–Crippen MR) is 89.1 cm³/mol. The van der Waals surface area contributed by atoms with Crippen LogP contribution in [0.2, 0.25) is 0 Å². The summed E-state index contributed by atoms with van der Waals surface area (Å²) < 4.78 is 0. The first kappa shape index (κ1) is 17.6. The lowest BCUT2D eigenvalue weighted by Gasteiger charge is -2.25. The third-order valence-electron chi connectivity index (χ3n) is 3.21. The van der Waals surface area contributed by atoms with Crippen LogP contribution in [0, 0.1) is 0 Å². The van der Waals surface area contributed by atoms with Gasteiger partial charge in [0.25, 0.3) is 5.91 Å². The maximum Gasteiger partial charge on any atom is 0.270 e. The summed E-state index contributed by atoms with van der Waals surface area (Å²) in [5.74, 6) is -0.148. The highest BCUT2D eigenvalue weighted by atomic mass is 35.5. The minimum Gasteiger partial charge on any atom is -0.350 e. The summed E-state index contributed by atoms with van der Waals surface area (Å²) in [5.41, 5.74) is 7.02. The monoisotopic (exact) mass is 325 g/mol. The molecule has 6 heteroatoms. The molecule has 0 spiro atoms. The second-order valence-electron chi connectivity index (χ2n) is 5.26. The lowest BCUT2D eigenvalue weighted by molar-refractivity contribution is 0.0941. The fourth-order valence-corrected chi connectivity index (χ4v) is 2.55. The van der Waals surface area contributed by atoms with Gasteiger partial charge in [-0.15, -0.1) is 23.7 Å². The molecule has 0 saturated carbocycles. The molecule has 0 atom stereocenters. The molecule has 0 aliphatic carbocycles. The van der Waals surface area contributed by atoms with Crippen LogP contribution < -0.4 is 11.1 Å². The minimum atomic E-state index is -0.148. The first-order chi connectivity index (χ1) is 9.53. The Kier molecular flexibility index (Phi) is 6.33. The summed E-state index contributed by atoms with van der Waals surface area (Å²) >= 11 is 1.41. The van der Waals surface area contributed by atoms with E-state index in [9.17, 15) is 4.79 Å². The van der Waals surface area contributed by atoms with Gasteiger partial charge in [0.2, 0.25) is 0 Å². The molecule has 1 aromatic heterocycles. The molecule has 0 radical (unpaired) electrons. The van der Waals surface area contributed by atoms with E-state index in [0.717, 1.165) is 5.01 Å². The Balaban J connectivity index is 0.00000220. The van der Waals surface area contributed by atoms with E-state index in [-0.39, 0.29) is 23.7 Å². The Morgan fingerprint density at radius 1 is 1.33 bits per heavy atom. The Bertz CT molecular complexity index is 584. The van der Waals surface area contributed by atoms with Crippen LogP contribution in [0.25, 0.3) is 0 Å². The van der Waals surface area contributed by atoms with Crippen molar-refractivity contribution < 1.29 is 4.79 Å². The van der Waals surface area contributed by atoms with Gasteiger partial charge in [0, 0.05) is 23.9 Å². The van der Waals surface area contributed by atoms with E-state index < -0.39 is 0 Å². The number of hydrogen-bond acceptors (Lipinski definition) is 4. The van der Waals surface area contributed by atoms with Crippen molar-refractivity contribution in [3.05, 3.63) is 52.0 Å². The molecule has 1 heterocycles. The number of nitrogens with two attached hydrogens (primary N) is 1. The molecule has 21 heavy (non-hydrogen) atoms. The molecule has 1 aromatic carbocycles. The van der Waals surface area contributed by atoms with Crippen LogP contribution in [0.15, 0.2) is 35.7 Å². The third kappa shape index (κ3) is 4.52. The van der Waals surface area contributed by atoms with Gasteiger partial charge in [-0.25, -0.2) is 4.98 Å². The Hall–Kier alpha value is -1.43. The Morgan fingerprint density at radius 3 is 2.57 bits per heavy atom. The molecule has 2 aromatic rings. The van der Waals surface area contributed by atoms with Crippen molar-refractivity contribution in [2.24, 2.45) is 5.73 Å². The summed E-state index contributed by atoms with van der Waals surface area (Å²) in [6.45, 7) is 5.14. The zero-order valence-electron chi connectivity index (χ0n) is 12.1. The standard InChI is InChI=1S/C15H19N3OS.ClH/c1-15(2,11-6-4-3-5-7-11)10-17-14(19)12-9-20-13(8-16)18-12;/h3-7,9H,8,10,16H2,1-2H3,(H,17,19);1H. The quantitative estimate of drug-likeness (QED) is 0.888. The molecule has 3 N–H and O–H groups in total. The lowest BCUT2D eigenvalue weighted by atomic mass is 9.84. The summed E-state index contributed by atoms with van der Waals surface area (Å²) in [6, 6.07) is 10.1. The normalized spacial score (nSPS) is 10.8. The first-order valence-electron chi connectivity index (χ1n) is 6.51. The number of carbonyl (C=O) groups is 1. The summed E-state index contributed by atoms with van der Waals surface area (Å²) in [7, 11) is 0. The molecule has 0 aliphatic heterocycles. The molecule has 2 rings (SSSR count). The van der Waals surface area contributed by atoms with Gasteiger partial charge in [-0.1, -0.05) is 44.2 Å². The molecule has 0 saturated heterocycles. The van der Waals surface area contributed by atoms with Crippen LogP contribution in [0.3, 0.4) is 0 Å². The van der Waals surface area contributed by atoms with E-state index in [4.69, 9.17) is 5.73 Å².